The molecule has 4 nitrogen and oxygen atoms in total. The number of carbonyl (C=O) groups excluding carboxylic acids is 1. The zero-order valence-corrected chi connectivity index (χ0v) is 16.6. The standard InChI is InChI=1S/C19H19BrFN3OS/c20-11-3-4-14(21)12(7-11)19-9-13(19)17-15(22-18(26)24(17)10-19)8-16(25)23-5-1-2-6-23/h3-4,7,13H,1-2,5-6,8-10H2,(H,22,26)/t13-,19+/m0/s1. The fourth-order valence-corrected chi connectivity index (χ4v) is 5.48. The third-order valence-corrected chi connectivity index (χ3v) is 7.02. The van der Waals surface area contributed by atoms with E-state index in [0.29, 0.717) is 17.7 Å². The molecule has 7 heteroatoms. The number of benzene rings is 1. The first kappa shape index (κ1) is 16.7. The number of carbonyl (C=O) groups is 1. The van der Waals surface area contributed by atoms with Crippen LogP contribution in [0.4, 0.5) is 4.39 Å². The number of hydrogen-bond acceptors (Lipinski definition) is 2. The van der Waals surface area contributed by atoms with Gasteiger partial charge in [-0.25, -0.2) is 4.39 Å². The fraction of sp³-hybridized carbons (Fsp3) is 0.474. The van der Waals surface area contributed by atoms with Gasteiger partial charge in [0.25, 0.3) is 0 Å². The van der Waals surface area contributed by atoms with E-state index >= 15 is 0 Å². The number of hydrogen-bond donors (Lipinski definition) is 1. The number of amides is 1. The number of nitrogens with one attached hydrogen (secondary N) is 1. The number of imidazole rings is 1. The van der Waals surface area contributed by atoms with Crippen LogP contribution in [0.2, 0.25) is 0 Å². The molecule has 0 unspecified atom stereocenters. The first-order valence-electron chi connectivity index (χ1n) is 9.04. The van der Waals surface area contributed by atoms with E-state index in [1.165, 1.54) is 6.07 Å². The molecule has 0 spiro atoms. The summed E-state index contributed by atoms with van der Waals surface area (Å²) < 4.78 is 18.1. The molecule has 0 radical (unpaired) electrons. The highest BCUT2D eigenvalue weighted by Gasteiger charge is 2.63. The molecule has 1 saturated carbocycles. The first-order valence-corrected chi connectivity index (χ1v) is 10.2. The molecule has 1 aliphatic carbocycles. The van der Waals surface area contributed by atoms with Crippen molar-refractivity contribution in [2.45, 2.75) is 43.6 Å². The van der Waals surface area contributed by atoms with Crippen LogP contribution in [0.5, 0.6) is 0 Å². The summed E-state index contributed by atoms with van der Waals surface area (Å²) in [5.74, 6) is 0.237. The largest absolute Gasteiger partial charge is 0.342 e. The molecule has 0 bridgehead atoms. The first-order chi connectivity index (χ1) is 12.5. The number of H-pyrrole nitrogens is 1. The van der Waals surface area contributed by atoms with E-state index in [1.807, 2.05) is 11.0 Å². The number of halogens is 2. The molecule has 1 aromatic heterocycles. The Bertz CT molecular complexity index is 978. The lowest BCUT2D eigenvalue weighted by Gasteiger charge is -2.15. The molecule has 1 amide bonds. The van der Waals surface area contributed by atoms with Gasteiger partial charge in [-0.3, -0.25) is 4.79 Å². The topological polar surface area (TPSA) is 41.0 Å². The molecule has 2 fully saturated rings. The Morgan fingerprint density at radius 2 is 2.15 bits per heavy atom. The van der Waals surface area contributed by atoms with E-state index in [4.69, 9.17) is 12.2 Å². The molecule has 2 aromatic rings. The monoisotopic (exact) mass is 435 g/mol. The molecule has 3 heterocycles. The maximum Gasteiger partial charge on any atom is 0.228 e. The van der Waals surface area contributed by atoms with E-state index in [9.17, 15) is 9.18 Å². The van der Waals surface area contributed by atoms with E-state index in [1.54, 1.807) is 6.07 Å². The van der Waals surface area contributed by atoms with Gasteiger partial charge in [-0.1, -0.05) is 15.9 Å². The predicted octanol–water partition coefficient (Wildman–Crippen LogP) is 4.05. The zero-order chi connectivity index (χ0) is 18.1. The summed E-state index contributed by atoms with van der Waals surface area (Å²) in [6, 6.07) is 5.15. The van der Waals surface area contributed by atoms with Crippen LogP contribution in [0.3, 0.4) is 0 Å². The lowest BCUT2D eigenvalue weighted by Crippen LogP contribution is -2.29. The second-order valence-corrected chi connectivity index (χ2v) is 8.98. The molecule has 1 saturated heterocycles. The Labute approximate surface area is 164 Å². The smallest absolute Gasteiger partial charge is 0.228 e. The lowest BCUT2D eigenvalue weighted by atomic mass is 9.93. The molecule has 1 aromatic carbocycles. The maximum absolute atomic E-state index is 14.5. The van der Waals surface area contributed by atoms with Crippen molar-refractivity contribution >= 4 is 34.1 Å². The van der Waals surface area contributed by atoms with Gasteiger partial charge in [0.1, 0.15) is 5.82 Å². The van der Waals surface area contributed by atoms with Crippen LogP contribution < -0.4 is 0 Å². The van der Waals surface area contributed by atoms with E-state index in [0.717, 1.165) is 53.8 Å². The fourth-order valence-electron chi connectivity index (χ4n) is 4.84. The summed E-state index contributed by atoms with van der Waals surface area (Å²) in [4.78, 5) is 17.8. The maximum atomic E-state index is 14.5. The molecule has 2 aliphatic heterocycles. The van der Waals surface area contributed by atoms with Crippen LogP contribution in [-0.2, 0) is 23.2 Å². The quantitative estimate of drug-likeness (QED) is 0.738. The number of aromatic amines is 1. The minimum Gasteiger partial charge on any atom is -0.342 e. The van der Waals surface area contributed by atoms with Crippen molar-refractivity contribution in [1.82, 2.24) is 14.5 Å². The Balaban J connectivity index is 1.48. The van der Waals surface area contributed by atoms with Crippen LogP contribution in [0, 0.1) is 10.6 Å². The Morgan fingerprint density at radius 1 is 1.38 bits per heavy atom. The third kappa shape index (κ3) is 2.36. The van der Waals surface area contributed by atoms with Gasteiger partial charge in [-0.05, 0) is 55.2 Å². The van der Waals surface area contributed by atoms with Crippen LogP contribution in [0.1, 0.15) is 42.1 Å². The minimum absolute atomic E-state index is 0.161. The average Bonchev–Trinajstić information content (AvgIpc) is 2.99. The molecule has 5 rings (SSSR count). The van der Waals surface area contributed by atoms with Crippen molar-refractivity contribution in [2.75, 3.05) is 13.1 Å². The summed E-state index contributed by atoms with van der Waals surface area (Å²) in [6.07, 6.45) is 3.45. The van der Waals surface area contributed by atoms with Gasteiger partial charge in [0.05, 0.1) is 6.42 Å². The van der Waals surface area contributed by atoms with Crippen LogP contribution in [0.25, 0.3) is 0 Å². The van der Waals surface area contributed by atoms with Gasteiger partial charge in [0.15, 0.2) is 4.77 Å². The normalized spacial score (nSPS) is 26.1. The second-order valence-electron chi connectivity index (χ2n) is 7.68. The Kier molecular flexibility index (Phi) is 3.70. The highest BCUT2D eigenvalue weighted by molar-refractivity contribution is 9.10. The summed E-state index contributed by atoms with van der Waals surface area (Å²) in [7, 11) is 0. The Morgan fingerprint density at radius 3 is 2.92 bits per heavy atom. The highest BCUT2D eigenvalue weighted by atomic mass is 79.9. The zero-order valence-electron chi connectivity index (χ0n) is 14.2. The van der Waals surface area contributed by atoms with Crippen molar-refractivity contribution < 1.29 is 9.18 Å². The average molecular weight is 436 g/mol. The van der Waals surface area contributed by atoms with Gasteiger partial charge in [0.2, 0.25) is 5.91 Å². The van der Waals surface area contributed by atoms with Gasteiger partial charge in [-0.2, -0.15) is 0 Å². The van der Waals surface area contributed by atoms with Crippen molar-refractivity contribution in [1.29, 1.82) is 0 Å². The van der Waals surface area contributed by atoms with Crippen LogP contribution in [0.15, 0.2) is 22.7 Å². The lowest BCUT2D eigenvalue weighted by molar-refractivity contribution is -0.129. The van der Waals surface area contributed by atoms with E-state index < -0.39 is 0 Å². The molecule has 2 atom stereocenters. The van der Waals surface area contributed by atoms with Crippen molar-refractivity contribution in [3.8, 4) is 0 Å². The summed E-state index contributed by atoms with van der Waals surface area (Å²) in [5, 5.41) is 0. The number of rotatable bonds is 3. The number of aromatic nitrogens is 2. The number of fused-ring (bicyclic) bond motifs is 3. The second kappa shape index (κ2) is 5.76. The van der Waals surface area contributed by atoms with Gasteiger partial charge in [0, 0.05) is 46.8 Å². The van der Waals surface area contributed by atoms with Crippen molar-refractivity contribution in [3.63, 3.8) is 0 Å². The van der Waals surface area contributed by atoms with E-state index in [-0.39, 0.29) is 23.1 Å². The van der Waals surface area contributed by atoms with Crippen LogP contribution >= 0.6 is 28.1 Å². The van der Waals surface area contributed by atoms with Crippen molar-refractivity contribution in [3.05, 3.63) is 50.2 Å². The number of likely N-dealkylation sites (tertiary alicyclic amines) is 1. The number of nitrogens with zero attached hydrogens (tertiary/aromatic N) is 2. The van der Waals surface area contributed by atoms with E-state index in [2.05, 4.69) is 25.5 Å². The molecular formula is C19H19BrFN3OS. The van der Waals surface area contributed by atoms with Gasteiger partial charge < -0.3 is 14.5 Å². The molecule has 136 valence electrons. The molecule has 1 N–H and O–H groups in total. The molecule has 3 aliphatic rings. The van der Waals surface area contributed by atoms with Crippen molar-refractivity contribution in [2.24, 2.45) is 0 Å². The highest BCUT2D eigenvalue weighted by Crippen LogP contribution is 2.66. The Hall–Kier alpha value is -1.47. The minimum atomic E-state index is -0.211. The van der Waals surface area contributed by atoms with Crippen LogP contribution in [-0.4, -0.2) is 33.4 Å². The van der Waals surface area contributed by atoms with Gasteiger partial charge >= 0.3 is 0 Å². The molecular weight excluding hydrogens is 417 g/mol. The SMILES string of the molecule is O=C(Cc1[nH]c(=S)n2c1[C@@H]1C[C@]1(c1cc(Br)ccc1F)C2)N1CCCC1. The summed E-state index contributed by atoms with van der Waals surface area (Å²) in [5.41, 5.74) is 2.58. The van der Waals surface area contributed by atoms with Gasteiger partial charge in [-0.15, -0.1) is 0 Å². The summed E-state index contributed by atoms with van der Waals surface area (Å²) in [6.45, 7) is 2.39. The molecule has 26 heavy (non-hydrogen) atoms. The third-order valence-electron chi connectivity index (χ3n) is 6.20. The predicted molar refractivity (Wildman–Crippen MR) is 102 cm³/mol. The summed E-state index contributed by atoms with van der Waals surface area (Å²) >= 11 is 8.96.